The Morgan fingerprint density at radius 2 is 1.88 bits per heavy atom. The molecule has 0 spiro atoms. The zero-order valence-electron chi connectivity index (χ0n) is 16.7. The van der Waals surface area contributed by atoms with Gasteiger partial charge in [0.25, 0.3) is 5.56 Å². The summed E-state index contributed by atoms with van der Waals surface area (Å²) in [5.74, 6) is -0.0360. The van der Waals surface area contributed by atoms with E-state index in [0.717, 1.165) is 12.8 Å². The molecular formula is C21H14Cl3N5O4. The van der Waals surface area contributed by atoms with Gasteiger partial charge in [-0.05, 0) is 36.6 Å². The molecule has 9 nitrogen and oxygen atoms in total. The largest absolute Gasteiger partial charge is 0.502 e. The van der Waals surface area contributed by atoms with Gasteiger partial charge in [0, 0.05) is 23.4 Å². The third kappa shape index (κ3) is 3.92. The summed E-state index contributed by atoms with van der Waals surface area (Å²) in [7, 11) is 0. The minimum Gasteiger partial charge on any atom is -0.502 e. The van der Waals surface area contributed by atoms with Gasteiger partial charge in [-0.1, -0.05) is 40.9 Å². The summed E-state index contributed by atoms with van der Waals surface area (Å²) in [6, 6.07) is 7.01. The first kappa shape index (κ1) is 21.7. The maximum atomic E-state index is 13.0. The minimum atomic E-state index is -0.678. The van der Waals surface area contributed by atoms with Gasteiger partial charge in [-0.3, -0.25) is 14.9 Å². The number of nitrogens with one attached hydrogen (secondary N) is 1. The molecule has 2 heterocycles. The van der Waals surface area contributed by atoms with Crippen molar-refractivity contribution in [3.63, 3.8) is 0 Å². The van der Waals surface area contributed by atoms with E-state index in [2.05, 4.69) is 15.1 Å². The Morgan fingerprint density at radius 1 is 1.18 bits per heavy atom. The number of H-pyrrole nitrogens is 1. The summed E-state index contributed by atoms with van der Waals surface area (Å²) in [5, 5.41) is 26.7. The Kier molecular flexibility index (Phi) is 5.27. The fourth-order valence-corrected chi connectivity index (χ4v) is 4.72. The van der Waals surface area contributed by atoms with Gasteiger partial charge in [0.05, 0.1) is 20.7 Å². The number of nitro benzene ring substituents is 1. The quantitative estimate of drug-likeness (QED) is 0.285. The number of phenolic OH excluding ortho intramolecular Hbond substituents is 1. The van der Waals surface area contributed by atoms with Crippen LogP contribution in [0, 0.1) is 10.1 Å². The van der Waals surface area contributed by atoms with Crippen LogP contribution in [0.25, 0.3) is 16.7 Å². The van der Waals surface area contributed by atoms with Gasteiger partial charge >= 0.3 is 5.69 Å². The third-order valence-electron chi connectivity index (χ3n) is 5.38. The van der Waals surface area contributed by atoms with Crippen LogP contribution in [0.5, 0.6) is 5.75 Å². The molecule has 1 aliphatic rings. The molecule has 5 rings (SSSR count). The molecule has 0 atom stereocenters. The highest BCUT2D eigenvalue weighted by atomic mass is 35.5. The summed E-state index contributed by atoms with van der Waals surface area (Å²) in [6.07, 6.45) is 1.94. The molecule has 168 valence electrons. The fraction of sp³-hybridized carbons (Fsp3) is 0.190. The monoisotopic (exact) mass is 505 g/mol. The Morgan fingerprint density at radius 3 is 2.48 bits per heavy atom. The van der Waals surface area contributed by atoms with Gasteiger partial charge in [-0.25, -0.2) is 9.67 Å². The highest BCUT2D eigenvalue weighted by Gasteiger charge is 2.32. The predicted octanol–water partition coefficient (Wildman–Crippen LogP) is 5.15. The van der Waals surface area contributed by atoms with Crippen molar-refractivity contribution < 1.29 is 10.0 Å². The van der Waals surface area contributed by atoms with E-state index in [1.165, 1.54) is 35.0 Å². The number of phenols is 1. The first-order chi connectivity index (χ1) is 15.7. The van der Waals surface area contributed by atoms with E-state index in [0.29, 0.717) is 27.4 Å². The molecule has 2 aromatic carbocycles. The lowest BCUT2D eigenvalue weighted by atomic mass is 10.1. The van der Waals surface area contributed by atoms with Gasteiger partial charge in [0.15, 0.2) is 11.4 Å². The highest BCUT2D eigenvalue weighted by Crippen LogP contribution is 2.43. The molecule has 2 aromatic heterocycles. The molecule has 0 amide bonds. The van der Waals surface area contributed by atoms with Crippen LogP contribution in [0.2, 0.25) is 15.1 Å². The third-order valence-corrected chi connectivity index (χ3v) is 6.17. The average molecular weight is 507 g/mol. The Bertz CT molecular complexity index is 1490. The lowest BCUT2D eigenvalue weighted by molar-refractivity contribution is -0.385. The first-order valence-corrected chi connectivity index (χ1v) is 11.0. The fourth-order valence-electron chi connectivity index (χ4n) is 3.74. The molecule has 2 N–H and O–H groups in total. The van der Waals surface area contributed by atoms with Crippen LogP contribution in [-0.4, -0.2) is 29.8 Å². The van der Waals surface area contributed by atoms with E-state index in [9.17, 15) is 20.0 Å². The van der Waals surface area contributed by atoms with Crippen LogP contribution in [0.15, 0.2) is 35.1 Å². The predicted molar refractivity (Wildman–Crippen MR) is 124 cm³/mol. The molecule has 0 radical (unpaired) electrons. The number of benzene rings is 2. The van der Waals surface area contributed by atoms with Gasteiger partial charge in [-0.2, -0.15) is 5.10 Å². The number of hydrogen-bond acceptors (Lipinski definition) is 6. The van der Waals surface area contributed by atoms with Crippen molar-refractivity contribution in [2.45, 2.75) is 25.2 Å². The molecule has 33 heavy (non-hydrogen) atoms. The summed E-state index contributed by atoms with van der Waals surface area (Å²) in [5.41, 5.74) is 1.02. The molecule has 1 fully saturated rings. The van der Waals surface area contributed by atoms with Gasteiger partial charge in [0.2, 0.25) is 0 Å². The van der Waals surface area contributed by atoms with E-state index in [1.807, 2.05) is 0 Å². The maximum absolute atomic E-state index is 13.0. The number of fused-ring (bicyclic) bond motifs is 1. The number of aromatic nitrogens is 4. The second-order valence-corrected chi connectivity index (χ2v) is 9.01. The number of nitro groups is 1. The zero-order valence-corrected chi connectivity index (χ0v) is 18.9. The minimum absolute atomic E-state index is 0.114. The van der Waals surface area contributed by atoms with Crippen molar-refractivity contribution >= 4 is 51.5 Å². The summed E-state index contributed by atoms with van der Waals surface area (Å²) < 4.78 is 1.45. The SMILES string of the molecule is O=c1[nH]c(Cc2ccc([N+](=O)[O-])c(O)c2)nc2c1c(C1CC1)nn2-c1c(Cl)cc(Cl)cc1Cl. The second kappa shape index (κ2) is 8.02. The van der Waals surface area contributed by atoms with Crippen molar-refractivity contribution in [1.82, 2.24) is 19.7 Å². The topological polar surface area (TPSA) is 127 Å². The number of nitrogens with zero attached hydrogens (tertiary/aromatic N) is 4. The Labute approximate surface area is 200 Å². The van der Waals surface area contributed by atoms with Crippen LogP contribution < -0.4 is 5.56 Å². The van der Waals surface area contributed by atoms with Crippen LogP contribution in [0.1, 0.15) is 35.8 Å². The zero-order chi connectivity index (χ0) is 23.4. The van der Waals surface area contributed by atoms with Crippen molar-refractivity contribution in [2.24, 2.45) is 0 Å². The average Bonchev–Trinajstić information content (AvgIpc) is 3.49. The van der Waals surface area contributed by atoms with E-state index < -0.39 is 16.4 Å². The van der Waals surface area contributed by atoms with Gasteiger partial charge in [0.1, 0.15) is 16.9 Å². The molecule has 4 aromatic rings. The lowest BCUT2D eigenvalue weighted by Crippen LogP contribution is -2.13. The molecule has 0 aliphatic heterocycles. The highest BCUT2D eigenvalue weighted by molar-refractivity contribution is 6.40. The number of rotatable bonds is 5. The molecule has 0 unspecified atom stereocenters. The molecule has 1 aliphatic carbocycles. The molecule has 12 heteroatoms. The van der Waals surface area contributed by atoms with Crippen LogP contribution in [-0.2, 0) is 6.42 Å². The Balaban J connectivity index is 1.67. The van der Waals surface area contributed by atoms with E-state index >= 15 is 0 Å². The summed E-state index contributed by atoms with van der Waals surface area (Å²) in [6.45, 7) is 0. The number of aromatic amines is 1. The molecular weight excluding hydrogens is 493 g/mol. The van der Waals surface area contributed by atoms with Gasteiger partial charge < -0.3 is 10.1 Å². The summed E-state index contributed by atoms with van der Waals surface area (Å²) in [4.78, 5) is 30.7. The van der Waals surface area contributed by atoms with Crippen LogP contribution in [0.3, 0.4) is 0 Å². The number of halogens is 3. The van der Waals surface area contributed by atoms with Crippen LogP contribution >= 0.6 is 34.8 Å². The van der Waals surface area contributed by atoms with Gasteiger partial charge in [-0.15, -0.1) is 0 Å². The normalized spacial score (nSPS) is 13.5. The smallest absolute Gasteiger partial charge is 0.310 e. The Hall–Kier alpha value is -3.14. The van der Waals surface area contributed by atoms with Crippen LogP contribution in [0.4, 0.5) is 5.69 Å². The van der Waals surface area contributed by atoms with E-state index in [1.54, 1.807) is 0 Å². The number of aromatic hydroxyl groups is 1. The van der Waals surface area contributed by atoms with Crippen molar-refractivity contribution in [1.29, 1.82) is 0 Å². The van der Waals surface area contributed by atoms with E-state index in [4.69, 9.17) is 34.8 Å². The lowest BCUT2D eigenvalue weighted by Gasteiger charge is -2.09. The van der Waals surface area contributed by atoms with E-state index in [-0.39, 0.29) is 39.4 Å². The van der Waals surface area contributed by atoms with Crippen molar-refractivity contribution in [3.05, 3.63) is 82.9 Å². The molecule has 0 saturated heterocycles. The van der Waals surface area contributed by atoms with Crippen molar-refractivity contribution in [3.8, 4) is 11.4 Å². The number of hydrogen-bond donors (Lipinski definition) is 2. The standard InChI is InChI=1S/C21H14Cl3N5O4/c22-11-7-12(23)19(13(24)8-11)28-20-17(18(27-28)10-2-3-10)21(31)26-16(25-20)6-9-1-4-14(29(32)33)15(30)5-9/h1,4-5,7-8,10,30H,2-3,6H2,(H,25,26,31). The molecule has 1 saturated carbocycles. The first-order valence-electron chi connectivity index (χ1n) is 9.86. The summed E-state index contributed by atoms with van der Waals surface area (Å²) >= 11 is 18.9. The maximum Gasteiger partial charge on any atom is 0.310 e. The van der Waals surface area contributed by atoms with Crippen molar-refractivity contribution in [2.75, 3.05) is 0 Å². The second-order valence-electron chi connectivity index (χ2n) is 7.76. The molecule has 0 bridgehead atoms.